The number of carbonyl (C=O) groups is 1. The molecule has 1 amide bonds. The molecule has 4 rings (SSSR count). The minimum absolute atomic E-state index is 0.212. The number of carbonyl (C=O) groups excluding carboxylic acids is 1. The molecule has 0 bridgehead atoms. The van der Waals surface area contributed by atoms with Gasteiger partial charge in [-0.3, -0.25) is 9.69 Å². The van der Waals surface area contributed by atoms with Gasteiger partial charge in [0.05, 0.1) is 10.4 Å². The predicted molar refractivity (Wildman–Crippen MR) is 101 cm³/mol. The van der Waals surface area contributed by atoms with Crippen molar-refractivity contribution in [1.29, 1.82) is 0 Å². The summed E-state index contributed by atoms with van der Waals surface area (Å²) in [6.07, 6.45) is 5.22. The molecule has 138 valence electrons. The van der Waals surface area contributed by atoms with Crippen molar-refractivity contribution < 1.29 is 9.53 Å². The number of nitrogens with zero attached hydrogens (tertiary/aromatic N) is 2. The van der Waals surface area contributed by atoms with E-state index in [1.54, 1.807) is 11.3 Å². The Morgan fingerprint density at radius 3 is 2.76 bits per heavy atom. The van der Waals surface area contributed by atoms with Gasteiger partial charge in [0.1, 0.15) is 0 Å². The fourth-order valence-corrected chi connectivity index (χ4v) is 5.43. The maximum absolute atomic E-state index is 12.8. The average molecular weight is 363 g/mol. The lowest BCUT2D eigenvalue weighted by Crippen LogP contribution is -2.73. The Labute approximate surface area is 155 Å². The number of ether oxygens (including phenoxy) is 1. The van der Waals surface area contributed by atoms with E-state index in [4.69, 9.17) is 4.74 Å². The highest BCUT2D eigenvalue weighted by atomic mass is 32.1. The molecule has 5 heteroatoms. The third kappa shape index (κ3) is 3.51. The zero-order chi connectivity index (χ0) is 17.4. The number of aryl methyl sites for hydroxylation is 1. The zero-order valence-electron chi connectivity index (χ0n) is 15.5. The van der Waals surface area contributed by atoms with Crippen LogP contribution in [0, 0.1) is 18.8 Å². The second kappa shape index (κ2) is 7.01. The van der Waals surface area contributed by atoms with Crippen LogP contribution in [-0.4, -0.2) is 60.6 Å². The number of hydrogen-bond donors (Lipinski definition) is 0. The first-order valence-electron chi connectivity index (χ1n) is 9.77. The fraction of sp³-hybridized carbons (Fsp3) is 0.750. The smallest absolute Gasteiger partial charge is 0.264 e. The first kappa shape index (κ1) is 17.5. The summed E-state index contributed by atoms with van der Waals surface area (Å²) < 4.78 is 5.72. The SMILES string of the molecule is CCOC[C@H]1CCN(CC2CC2)C2(C1)CN(C(=O)c1sccc1C)C2. The monoisotopic (exact) mass is 362 g/mol. The van der Waals surface area contributed by atoms with Crippen molar-refractivity contribution in [2.75, 3.05) is 39.4 Å². The molecule has 1 spiro atoms. The lowest BCUT2D eigenvalue weighted by Gasteiger charge is -2.59. The molecule has 3 aliphatic rings. The van der Waals surface area contributed by atoms with E-state index < -0.39 is 0 Å². The Bertz CT molecular complexity index is 619. The van der Waals surface area contributed by atoms with Crippen LogP contribution in [0.2, 0.25) is 0 Å². The highest BCUT2D eigenvalue weighted by Crippen LogP contribution is 2.43. The van der Waals surface area contributed by atoms with E-state index in [-0.39, 0.29) is 11.4 Å². The molecule has 0 unspecified atom stereocenters. The van der Waals surface area contributed by atoms with E-state index in [1.807, 2.05) is 18.4 Å². The summed E-state index contributed by atoms with van der Waals surface area (Å²) in [5.74, 6) is 1.79. The second-order valence-electron chi connectivity index (χ2n) is 8.23. The van der Waals surface area contributed by atoms with Crippen LogP contribution in [0.5, 0.6) is 0 Å². The molecule has 1 aromatic heterocycles. The van der Waals surface area contributed by atoms with Gasteiger partial charge in [0.2, 0.25) is 0 Å². The molecule has 1 aromatic rings. The predicted octanol–water partition coefficient (Wildman–Crippen LogP) is 3.41. The molecule has 25 heavy (non-hydrogen) atoms. The van der Waals surface area contributed by atoms with Gasteiger partial charge in [-0.25, -0.2) is 0 Å². The average Bonchev–Trinajstić information content (AvgIpc) is 3.29. The van der Waals surface area contributed by atoms with Crippen LogP contribution in [0.15, 0.2) is 11.4 Å². The van der Waals surface area contributed by atoms with Gasteiger partial charge in [0.15, 0.2) is 0 Å². The van der Waals surface area contributed by atoms with Crippen molar-refractivity contribution in [2.24, 2.45) is 11.8 Å². The van der Waals surface area contributed by atoms with Gasteiger partial charge >= 0.3 is 0 Å². The van der Waals surface area contributed by atoms with Crippen molar-refractivity contribution in [2.45, 2.75) is 45.1 Å². The first-order chi connectivity index (χ1) is 12.1. The Morgan fingerprint density at radius 1 is 1.32 bits per heavy atom. The van der Waals surface area contributed by atoms with E-state index in [0.29, 0.717) is 5.92 Å². The van der Waals surface area contributed by atoms with E-state index in [1.165, 1.54) is 38.8 Å². The number of likely N-dealkylation sites (tertiary alicyclic amines) is 2. The summed E-state index contributed by atoms with van der Waals surface area (Å²) in [4.78, 5) is 18.5. The Balaban J connectivity index is 1.43. The summed E-state index contributed by atoms with van der Waals surface area (Å²) in [7, 11) is 0. The molecule has 2 aliphatic heterocycles. The molecule has 1 aliphatic carbocycles. The number of thiophene rings is 1. The molecule has 1 atom stereocenters. The molecule has 1 saturated carbocycles. The van der Waals surface area contributed by atoms with Crippen molar-refractivity contribution in [1.82, 2.24) is 9.80 Å². The zero-order valence-corrected chi connectivity index (χ0v) is 16.3. The van der Waals surface area contributed by atoms with Gasteiger partial charge in [-0.1, -0.05) is 0 Å². The van der Waals surface area contributed by atoms with Crippen molar-refractivity contribution in [3.63, 3.8) is 0 Å². The number of amides is 1. The molecule has 3 heterocycles. The van der Waals surface area contributed by atoms with Gasteiger partial charge < -0.3 is 9.64 Å². The van der Waals surface area contributed by atoms with Crippen molar-refractivity contribution >= 4 is 17.2 Å². The van der Waals surface area contributed by atoms with Crippen molar-refractivity contribution in [3.8, 4) is 0 Å². The van der Waals surface area contributed by atoms with E-state index >= 15 is 0 Å². The molecule has 4 nitrogen and oxygen atoms in total. The maximum Gasteiger partial charge on any atom is 0.264 e. The van der Waals surface area contributed by atoms with Crippen LogP contribution < -0.4 is 0 Å². The summed E-state index contributed by atoms with van der Waals surface area (Å²) in [5, 5.41) is 2.02. The summed E-state index contributed by atoms with van der Waals surface area (Å²) >= 11 is 1.58. The van der Waals surface area contributed by atoms with E-state index in [9.17, 15) is 4.79 Å². The molecule has 0 radical (unpaired) electrons. The van der Waals surface area contributed by atoms with Gasteiger partial charge in [0.25, 0.3) is 5.91 Å². The third-order valence-electron chi connectivity index (χ3n) is 6.19. The van der Waals surface area contributed by atoms with Gasteiger partial charge in [0, 0.05) is 32.8 Å². The van der Waals surface area contributed by atoms with Crippen LogP contribution in [-0.2, 0) is 4.74 Å². The highest BCUT2D eigenvalue weighted by Gasteiger charge is 2.53. The molecular weight excluding hydrogens is 332 g/mol. The third-order valence-corrected chi connectivity index (χ3v) is 7.20. The molecule has 0 aromatic carbocycles. The summed E-state index contributed by atoms with van der Waals surface area (Å²) in [6.45, 7) is 10.0. The molecular formula is C20H30N2O2S. The highest BCUT2D eigenvalue weighted by molar-refractivity contribution is 7.12. The Kier molecular flexibility index (Phi) is 4.91. The van der Waals surface area contributed by atoms with E-state index in [0.717, 1.165) is 42.7 Å². The Morgan fingerprint density at radius 2 is 2.12 bits per heavy atom. The van der Waals surface area contributed by atoms with Crippen LogP contribution in [0.4, 0.5) is 0 Å². The standard InChI is InChI=1S/C20H30N2O2S/c1-3-24-12-17-6-8-22(11-16-4-5-16)20(10-17)13-21(14-20)19(23)18-15(2)7-9-25-18/h7,9,16-17H,3-6,8,10-14H2,1-2H3/t17-/m0/s1. The Hall–Kier alpha value is -0.910. The minimum atomic E-state index is 0.212. The number of piperidine rings is 1. The van der Waals surface area contributed by atoms with Crippen molar-refractivity contribution in [3.05, 3.63) is 21.9 Å². The largest absolute Gasteiger partial charge is 0.381 e. The topological polar surface area (TPSA) is 32.8 Å². The van der Waals surface area contributed by atoms with E-state index in [2.05, 4.69) is 16.7 Å². The fourth-order valence-electron chi connectivity index (χ4n) is 4.54. The van der Waals surface area contributed by atoms with Crippen LogP contribution in [0.1, 0.15) is 47.8 Å². The number of hydrogen-bond acceptors (Lipinski definition) is 4. The lowest BCUT2D eigenvalue weighted by atomic mass is 9.74. The minimum Gasteiger partial charge on any atom is -0.381 e. The normalized spacial score (nSPS) is 26.0. The van der Waals surface area contributed by atoms with Crippen LogP contribution in [0.3, 0.4) is 0 Å². The molecule has 3 fully saturated rings. The van der Waals surface area contributed by atoms with Gasteiger partial charge in [-0.15, -0.1) is 11.3 Å². The summed E-state index contributed by atoms with van der Waals surface area (Å²) in [5.41, 5.74) is 1.33. The van der Waals surface area contributed by atoms with Gasteiger partial charge in [-0.05, 0) is 74.9 Å². The lowest BCUT2D eigenvalue weighted by molar-refractivity contribution is -0.0886. The second-order valence-corrected chi connectivity index (χ2v) is 9.14. The summed E-state index contributed by atoms with van der Waals surface area (Å²) in [6, 6.07) is 2.05. The maximum atomic E-state index is 12.8. The first-order valence-corrected chi connectivity index (χ1v) is 10.7. The van der Waals surface area contributed by atoms with Crippen LogP contribution >= 0.6 is 11.3 Å². The quantitative estimate of drug-likeness (QED) is 0.777. The molecule has 2 saturated heterocycles. The molecule has 0 N–H and O–H groups in total. The van der Waals surface area contributed by atoms with Crippen LogP contribution in [0.25, 0.3) is 0 Å². The van der Waals surface area contributed by atoms with Gasteiger partial charge in [-0.2, -0.15) is 0 Å². The number of rotatable bonds is 6.